The number of furan rings is 1. The van der Waals surface area contributed by atoms with E-state index in [1.165, 1.54) is 18.2 Å². The van der Waals surface area contributed by atoms with E-state index in [9.17, 15) is 19.2 Å². The standard InChI is InChI=1S/C21H17FN2O3/c1-12(2)24-20(25)17(13(3)18(11-23)21(24)26)10-16-8-9-19(27-16)14-4-6-15(22)7-5-14/h4-10,12H,1-3H3/b17-10+. The molecule has 0 unspecified atom stereocenters. The van der Waals surface area contributed by atoms with E-state index < -0.39 is 11.8 Å². The molecule has 0 aliphatic carbocycles. The molecule has 1 aliphatic heterocycles. The Hall–Kier alpha value is -3.46. The molecule has 0 saturated carbocycles. The maximum Gasteiger partial charge on any atom is 0.271 e. The molecule has 2 heterocycles. The number of carbonyl (C=O) groups is 2. The maximum absolute atomic E-state index is 13.1. The largest absolute Gasteiger partial charge is 0.457 e. The number of rotatable bonds is 3. The zero-order chi connectivity index (χ0) is 19.7. The molecule has 0 radical (unpaired) electrons. The second-order valence-electron chi connectivity index (χ2n) is 6.45. The van der Waals surface area contributed by atoms with Gasteiger partial charge in [-0.05, 0) is 68.8 Å². The Labute approximate surface area is 156 Å². The van der Waals surface area contributed by atoms with Crippen LogP contribution in [0.25, 0.3) is 17.4 Å². The lowest BCUT2D eigenvalue weighted by atomic mass is 9.94. The molecule has 1 aromatic carbocycles. The van der Waals surface area contributed by atoms with Crippen LogP contribution in [0.3, 0.4) is 0 Å². The average Bonchev–Trinajstić information content (AvgIpc) is 3.08. The molecule has 0 fully saturated rings. The minimum Gasteiger partial charge on any atom is -0.457 e. The van der Waals surface area contributed by atoms with Crippen LogP contribution in [0.15, 0.2) is 57.5 Å². The number of hydrogen-bond acceptors (Lipinski definition) is 4. The van der Waals surface area contributed by atoms with E-state index in [-0.39, 0.29) is 23.0 Å². The van der Waals surface area contributed by atoms with Crippen LogP contribution in [0, 0.1) is 17.1 Å². The van der Waals surface area contributed by atoms with Crippen molar-refractivity contribution in [1.29, 1.82) is 5.26 Å². The van der Waals surface area contributed by atoms with Crippen molar-refractivity contribution in [1.82, 2.24) is 4.90 Å². The summed E-state index contributed by atoms with van der Waals surface area (Å²) in [6.07, 6.45) is 1.52. The summed E-state index contributed by atoms with van der Waals surface area (Å²) in [5.41, 5.74) is 1.20. The highest BCUT2D eigenvalue weighted by molar-refractivity contribution is 6.19. The lowest BCUT2D eigenvalue weighted by Gasteiger charge is -2.30. The summed E-state index contributed by atoms with van der Waals surface area (Å²) in [6.45, 7) is 4.99. The second kappa shape index (κ2) is 7.04. The van der Waals surface area contributed by atoms with Gasteiger partial charge in [-0.3, -0.25) is 14.5 Å². The molecule has 1 aliphatic rings. The van der Waals surface area contributed by atoms with Gasteiger partial charge >= 0.3 is 0 Å². The van der Waals surface area contributed by atoms with Crippen molar-refractivity contribution < 1.29 is 18.4 Å². The van der Waals surface area contributed by atoms with Crippen LogP contribution in [-0.4, -0.2) is 22.8 Å². The lowest BCUT2D eigenvalue weighted by Crippen LogP contribution is -2.46. The summed E-state index contributed by atoms with van der Waals surface area (Å²) in [6, 6.07) is 10.7. The molecule has 1 aromatic heterocycles. The Bertz CT molecular complexity index is 1020. The van der Waals surface area contributed by atoms with Crippen molar-refractivity contribution in [2.45, 2.75) is 26.8 Å². The Morgan fingerprint density at radius 2 is 1.78 bits per heavy atom. The summed E-state index contributed by atoms with van der Waals surface area (Å²) in [7, 11) is 0. The Kier molecular flexibility index (Phi) is 4.78. The molecule has 0 N–H and O–H groups in total. The maximum atomic E-state index is 13.1. The van der Waals surface area contributed by atoms with Gasteiger partial charge in [-0.1, -0.05) is 0 Å². The molecule has 0 saturated heterocycles. The molecule has 5 nitrogen and oxygen atoms in total. The van der Waals surface area contributed by atoms with Gasteiger partial charge in [0.25, 0.3) is 11.8 Å². The van der Waals surface area contributed by atoms with Gasteiger partial charge in [0.05, 0.1) is 0 Å². The number of amides is 2. The summed E-state index contributed by atoms with van der Waals surface area (Å²) < 4.78 is 18.8. The van der Waals surface area contributed by atoms with Gasteiger partial charge in [0.15, 0.2) is 0 Å². The van der Waals surface area contributed by atoms with E-state index in [1.807, 2.05) is 6.07 Å². The van der Waals surface area contributed by atoms with Gasteiger partial charge in [0.2, 0.25) is 0 Å². The minimum absolute atomic E-state index is 0.0557. The number of carbonyl (C=O) groups excluding carboxylic acids is 2. The van der Waals surface area contributed by atoms with Crippen LogP contribution in [0.2, 0.25) is 0 Å². The SMILES string of the molecule is CC1=C(C#N)C(=O)N(C(C)C)C(=O)/C1=C/c1ccc(-c2ccc(F)cc2)o1. The van der Waals surface area contributed by atoms with E-state index in [0.29, 0.717) is 22.7 Å². The monoisotopic (exact) mass is 364 g/mol. The van der Waals surface area contributed by atoms with E-state index >= 15 is 0 Å². The van der Waals surface area contributed by atoms with Gasteiger partial charge < -0.3 is 4.42 Å². The summed E-state index contributed by atoms with van der Waals surface area (Å²) in [5, 5.41) is 9.33. The molecule has 27 heavy (non-hydrogen) atoms. The average molecular weight is 364 g/mol. The second-order valence-corrected chi connectivity index (χ2v) is 6.45. The highest BCUT2D eigenvalue weighted by atomic mass is 19.1. The minimum atomic E-state index is -0.585. The molecule has 6 heteroatoms. The third kappa shape index (κ3) is 3.32. The Morgan fingerprint density at radius 1 is 1.11 bits per heavy atom. The third-order valence-electron chi connectivity index (χ3n) is 4.33. The molecule has 0 atom stereocenters. The van der Waals surface area contributed by atoms with Crippen LogP contribution < -0.4 is 0 Å². The molecule has 3 rings (SSSR count). The highest BCUT2D eigenvalue weighted by Gasteiger charge is 2.37. The van der Waals surface area contributed by atoms with Crippen LogP contribution in [0.5, 0.6) is 0 Å². The van der Waals surface area contributed by atoms with Crippen LogP contribution in [-0.2, 0) is 9.59 Å². The zero-order valence-corrected chi connectivity index (χ0v) is 15.1. The fourth-order valence-electron chi connectivity index (χ4n) is 2.91. The predicted molar refractivity (Wildman–Crippen MR) is 97.4 cm³/mol. The number of imide groups is 1. The summed E-state index contributed by atoms with van der Waals surface area (Å²) in [4.78, 5) is 26.2. The van der Waals surface area contributed by atoms with E-state index in [4.69, 9.17) is 4.42 Å². The normalized spacial score (nSPS) is 16.4. The van der Waals surface area contributed by atoms with Crippen molar-refractivity contribution >= 4 is 17.9 Å². The van der Waals surface area contributed by atoms with E-state index in [1.54, 1.807) is 45.0 Å². The third-order valence-corrected chi connectivity index (χ3v) is 4.33. The first-order valence-corrected chi connectivity index (χ1v) is 8.40. The fraction of sp³-hybridized carbons (Fsp3) is 0.190. The van der Waals surface area contributed by atoms with Gasteiger partial charge in [-0.15, -0.1) is 0 Å². The van der Waals surface area contributed by atoms with Crippen molar-refractivity contribution in [3.63, 3.8) is 0 Å². The molecule has 136 valence electrons. The molecular formula is C21H17FN2O3. The molecule has 2 aromatic rings. The Balaban J connectivity index is 2.04. The van der Waals surface area contributed by atoms with Gasteiger partial charge in [-0.2, -0.15) is 5.26 Å². The first-order valence-electron chi connectivity index (χ1n) is 8.40. The quantitative estimate of drug-likeness (QED) is 0.607. The number of nitriles is 1. The first-order chi connectivity index (χ1) is 12.8. The fourth-order valence-corrected chi connectivity index (χ4v) is 2.91. The van der Waals surface area contributed by atoms with Crippen molar-refractivity contribution in [2.24, 2.45) is 0 Å². The molecule has 2 amide bonds. The van der Waals surface area contributed by atoms with Gasteiger partial charge in [-0.25, -0.2) is 4.39 Å². The smallest absolute Gasteiger partial charge is 0.271 e. The molecule has 0 bridgehead atoms. The number of hydrogen-bond donors (Lipinski definition) is 0. The highest BCUT2D eigenvalue weighted by Crippen LogP contribution is 2.30. The predicted octanol–water partition coefficient (Wildman–Crippen LogP) is 4.09. The van der Waals surface area contributed by atoms with Gasteiger partial charge in [0, 0.05) is 17.2 Å². The number of benzene rings is 1. The summed E-state index contributed by atoms with van der Waals surface area (Å²) >= 11 is 0. The van der Waals surface area contributed by atoms with Crippen LogP contribution in [0.4, 0.5) is 4.39 Å². The summed E-state index contributed by atoms with van der Waals surface area (Å²) in [5.74, 6) is -0.482. The zero-order valence-electron chi connectivity index (χ0n) is 15.1. The number of halogens is 1. The van der Waals surface area contributed by atoms with E-state index in [0.717, 1.165) is 4.90 Å². The van der Waals surface area contributed by atoms with Crippen LogP contribution >= 0.6 is 0 Å². The first kappa shape index (κ1) is 18.3. The topological polar surface area (TPSA) is 74.3 Å². The van der Waals surface area contributed by atoms with Gasteiger partial charge in [0.1, 0.15) is 29.0 Å². The molecular weight excluding hydrogens is 347 g/mol. The lowest BCUT2D eigenvalue weighted by molar-refractivity contribution is -0.142. The van der Waals surface area contributed by atoms with Crippen molar-refractivity contribution in [3.05, 3.63) is 64.7 Å². The van der Waals surface area contributed by atoms with Crippen LogP contribution in [0.1, 0.15) is 26.5 Å². The van der Waals surface area contributed by atoms with E-state index in [2.05, 4.69) is 0 Å². The Morgan fingerprint density at radius 3 is 2.37 bits per heavy atom. The molecule has 0 spiro atoms. The van der Waals surface area contributed by atoms with Crippen molar-refractivity contribution in [2.75, 3.05) is 0 Å². The number of nitrogens with zero attached hydrogens (tertiary/aromatic N) is 2. The van der Waals surface area contributed by atoms with Crippen molar-refractivity contribution in [3.8, 4) is 17.4 Å².